The number of nitrogens with zero attached hydrogens (tertiary/aromatic N) is 1. The molecule has 1 fully saturated rings. The zero-order chi connectivity index (χ0) is 14.9. The Hall–Kier alpha value is -1.83. The van der Waals surface area contributed by atoms with Gasteiger partial charge in [0, 0.05) is 0 Å². The van der Waals surface area contributed by atoms with Gasteiger partial charge in [-0.2, -0.15) is 13.2 Å². The second kappa shape index (κ2) is 5.28. The van der Waals surface area contributed by atoms with Crippen LogP contribution < -0.4 is 15.5 Å². The Balaban J connectivity index is 2.03. The molecule has 0 aliphatic carbocycles. The fraction of sp³-hybridized carbons (Fsp3) is 0.417. The fourth-order valence-corrected chi connectivity index (χ4v) is 2.26. The molecular formula is C12H14F4N3O+. The van der Waals surface area contributed by atoms with Crippen molar-refractivity contribution in [3.63, 3.8) is 0 Å². The van der Waals surface area contributed by atoms with Crippen molar-refractivity contribution in [3.05, 3.63) is 24.0 Å². The van der Waals surface area contributed by atoms with Crippen LogP contribution in [0.2, 0.25) is 0 Å². The lowest BCUT2D eigenvalue weighted by Crippen LogP contribution is -3.18. The Morgan fingerprint density at radius 3 is 2.35 bits per heavy atom. The zero-order valence-corrected chi connectivity index (χ0v) is 10.5. The highest BCUT2D eigenvalue weighted by molar-refractivity contribution is 5.73. The van der Waals surface area contributed by atoms with Crippen LogP contribution in [-0.2, 0) is 4.79 Å². The Morgan fingerprint density at radius 2 is 1.85 bits per heavy atom. The highest BCUT2D eigenvalue weighted by Gasteiger charge is 2.48. The van der Waals surface area contributed by atoms with Crippen molar-refractivity contribution in [2.24, 2.45) is 0 Å². The van der Waals surface area contributed by atoms with Crippen molar-refractivity contribution in [2.45, 2.75) is 6.18 Å². The topological polar surface area (TPSA) is 50.8 Å². The molecule has 20 heavy (non-hydrogen) atoms. The number of quaternary nitrogens is 1. The third kappa shape index (κ3) is 3.01. The van der Waals surface area contributed by atoms with Crippen LogP contribution in [0.25, 0.3) is 0 Å². The van der Waals surface area contributed by atoms with Crippen LogP contribution >= 0.6 is 0 Å². The first-order chi connectivity index (χ1) is 9.29. The minimum absolute atomic E-state index is 0.0369. The lowest BCUT2D eigenvalue weighted by molar-refractivity contribution is -0.827. The molecule has 1 aromatic carbocycles. The second-order valence-electron chi connectivity index (χ2n) is 4.62. The number of amides is 1. The average Bonchev–Trinajstić information content (AvgIpc) is 2.37. The number of rotatable bonds is 1. The predicted octanol–water partition coefficient (Wildman–Crippen LogP) is 0.202. The molecule has 1 aliphatic rings. The van der Waals surface area contributed by atoms with Gasteiger partial charge in [0.15, 0.2) is 0 Å². The highest BCUT2D eigenvalue weighted by Crippen LogP contribution is 2.23. The van der Waals surface area contributed by atoms with Crippen molar-refractivity contribution in [1.82, 2.24) is 0 Å². The van der Waals surface area contributed by atoms with E-state index in [1.165, 1.54) is 12.1 Å². The van der Waals surface area contributed by atoms with Gasteiger partial charge in [-0.05, 0) is 18.2 Å². The number of nitrogens with one attached hydrogen (secondary N) is 1. The number of benzene rings is 1. The van der Waals surface area contributed by atoms with Gasteiger partial charge < -0.3 is 10.6 Å². The van der Waals surface area contributed by atoms with Crippen LogP contribution in [0.15, 0.2) is 18.2 Å². The first kappa shape index (κ1) is 14.6. The summed E-state index contributed by atoms with van der Waals surface area (Å²) in [6.45, 7) is 0.588. The maximum Gasteiger partial charge on any atom is 0.509 e. The van der Waals surface area contributed by atoms with E-state index in [4.69, 9.17) is 5.73 Å². The van der Waals surface area contributed by atoms with Crippen LogP contribution in [0.1, 0.15) is 0 Å². The number of hydrogen-bond acceptors (Lipinski definition) is 3. The van der Waals surface area contributed by atoms with Gasteiger partial charge >= 0.3 is 12.1 Å². The normalized spacial score (nSPS) is 17.3. The smallest absolute Gasteiger partial charge is 0.397 e. The summed E-state index contributed by atoms with van der Waals surface area (Å²) in [6, 6.07) is 3.89. The third-order valence-corrected chi connectivity index (χ3v) is 3.28. The highest BCUT2D eigenvalue weighted by atomic mass is 19.4. The van der Waals surface area contributed by atoms with Gasteiger partial charge in [-0.15, -0.1) is 0 Å². The first-order valence-corrected chi connectivity index (χ1v) is 6.05. The molecule has 0 atom stereocenters. The molecule has 8 heteroatoms. The molecule has 0 aromatic heterocycles. The predicted molar refractivity (Wildman–Crippen MR) is 64.8 cm³/mol. The number of nitrogens with two attached hydrogens (primary N) is 1. The van der Waals surface area contributed by atoms with Crippen molar-refractivity contribution in [3.8, 4) is 0 Å². The van der Waals surface area contributed by atoms with E-state index in [1.807, 2.05) is 0 Å². The number of hydrogen-bond donors (Lipinski definition) is 2. The standard InChI is InChI=1S/C12H13F4N3O/c13-8-1-2-10(9(17)7-8)18-3-5-19(6-4-18)11(20)12(14,15)16/h1-2,7H,3-6,17H2/p+1. The van der Waals surface area contributed by atoms with Gasteiger partial charge in [0.25, 0.3) is 0 Å². The number of anilines is 2. The monoisotopic (exact) mass is 292 g/mol. The van der Waals surface area contributed by atoms with Crippen molar-refractivity contribution < 1.29 is 27.3 Å². The van der Waals surface area contributed by atoms with E-state index in [-0.39, 0.29) is 36.8 Å². The van der Waals surface area contributed by atoms with E-state index in [0.29, 0.717) is 5.69 Å². The Morgan fingerprint density at radius 1 is 1.25 bits per heavy atom. The van der Waals surface area contributed by atoms with E-state index >= 15 is 0 Å². The molecule has 2 rings (SSSR count). The van der Waals surface area contributed by atoms with Gasteiger partial charge in [0.2, 0.25) is 0 Å². The molecule has 0 unspecified atom stereocenters. The molecule has 1 saturated heterocycles. The van der Waals surface area contributed by atoms with Crippen LogP contribution in [-0.4, -0.2) is 38.3 Å². The summed E-state index contributed by atoms with van der Waals surface area (Å²) in [4.78, 5) is 12.8. The van der Waals surface area contributed by atoms with Crippen molar-refractivity contribution >= 4 is 17.3 Å². The summed E-state index contributed by atoms with van der Waals surface area (Å²) in [7, 11) is 0. The molecule has 0 spiro atoms. The number of piperazine rings is 1. The maximum atomic E-state index is 12.9. The molecule has 0 radical (unpaired) electrons. The second-order valence-corrected chi connectivity index (χ2v) is 4.62. The number of nitrogen functional groups attached to an aromatic ring is 1. The number of carbonyl (C=O) groups is 1. The summed E-state index contributed by atoms with van der Waals surface area (Å²) < 4.78 is 49.9. The lowest BCUT2D eigenvalue weighted by Gasteiger charge is -2.33. The Kier molecular flexibility index (Phi) is 3.85. The lowest BCUT2D eigenvalue weighted by atomic mass is 10.2. The van der Waals surface area contributed by atoms with Gasteiger partial charge in [-0.25, -0.2) is 9.18 Å². The quantitative estimate of drug-likeness (QED) is 0.574. The van der Waals surface area contributed by atoms with Gasteiger partial charge in [-0.1, -0.05) is 0 Å². The minimum Gasteiger partial charge on any atom is -0.397 e. The first-order valence-electron chi connectivity index (χ1n) is 6.05. The van der Waals surface area contributed by atoms with E-state index < -0.39 is 17.9 Å². The van der Waals surface area contributed by atoms with E-state index in [1.54, 1.807) is 4.90 Å². The minimum atomic E-state index is -4.81. The maximum absolute atomic E-state index is 12.9. The largest absolute Gasteiger partial charge is 0.509 e. The van der Waals surface area contributed by atoms with Gasteiger partial charge in [-0.3, -0.25) is 4.90 Å². The van der Waals surface area contributed by atoms with Crippen molar-refractivity contribution in [1.29, 1.82) is 0 Å². The molecule has 1 aromatic rings. The summed E-state index contributed by atoms with van der Waals surface area (Å²) in [5.74, 6) is -2.22. The van der Waals surface area contributed by atoms with Crippen LogP contribution in [0.5, 0.6) is 0 Å². The Bertz CT molecular complexity index is 510. The molecule has 3 N–H and O–H groups in total. The van der Waals surface area contributed by atoms with Crippen LogP contribution in [0.3, 0.4) is 0 Å². The van der Waals surface area contributed by atoms with E-state index in [9.17, 15) is 22.4 Å². The number of carbonyl (C=O) groups excluding carboxylic acids is 1. The third-order valence-electron chi connectivity index (χ3n) is 3.28. The SMILES string of the molecule is Nc1cc(F)ccc1N1CC[NH+](C(=O)C(F)(F)F)CC1. The summed E-state index contributed by atoms with van der Waals surface area (Å²) >= 11 is 0. The van der Waals surface area contributed by atoms with Gasteiger partial charge in [0.05, 0.1) is 24.5 Å². The molecule has 1 heterocycles. The zero-order valence-electron chi connectivity index (χ0n) is 10.5. The van der Waals surface area contributed by atoms with E-state index in [0.717, 1.165) is 6.07 Å². The summed E-state index contributed by atoms with van der Waals surface area (Å²) in [5, 5.41) is 0. The number of halogens is 4. The molecule has 0 saturated carbocycles. The number of alkyl halides is 3. The van der Waals surface area contributed by atoms with E-state index in [2.05, 4.69) is 0 Å². The summed E-state index contributed by atoms with van der Waals surface area (Å²) in [5.41, 5.74) is 6.49. The fourth-order valence-electron chi connectivity index (χ4n) is 2.26. The molecular weight excluding hydrogens is 278 g/mol. The Labute approximate surface area is 112 Å². The average molecular weight is 292 g/mol. The summed E-state index contributed by atoms with van der Waals surface area (Å²) in [6.07, 6.45) is -4.81. The van der Waals surface area contributed by atoms with Crippen LogP contribution in [0.4, 0.5) is 28.9 Å². The molecule has 1 amide bonds. The molecule has 0 bridgehead atoms. The van der Waals surface area contributed by atoms with Crippen LogP contribution in [0, 0.1) is 5.82 Å². The molecule has 1 aliphatic heterocycles. The van der Waals surface area contributed by atoms with Crippen molar-refractivity contribution in [2.75, 3.05) is 36.8 Å². The molecule has 4 nitrogen and oxygen atoms in total. The molecule has 110 valence electrons. The van der Waals surface area contributed by atoms with Gasteiger partial charge in [0.1, 0.15) is 18.9 Å².